The molecule has 0 saturated carbocycles. The number of halogens is 2. The van der Waals surface area contributed by atoms with E-state index in [9.17, 15) is 19.5 Å². The van der Waals surface area contributed by atoms with Gasteiger partial charge in [0.15, 0.2) is 5.13 Å². The zero-order valence-corrected chi connectivity index (χ0v) is 24.8. The van der Waals surface area contributed by atoms with E-state index in [1.165, 1.54) is 6.07 Å². The molecule has 3 aromatic carbocycles. The average molecular weight is 624 g/mol. The predicted molar refractivity (Wildman–Crippen MR) is 161 cm³/mol. The van der Waals surface area contributed by atoms with E-state index in [-0.39, 0.29) is 32.8 Å². The standard InChI is InChI=1S/C31H24Cl2N2O6S/c1-3-40-30(39)28-17(2)34-31(42-28)35-25(22-14-11-20(32)15-23(22)33)24(27(37)29(35)38)26(36)19-9-12-21(13-10-19)41-16-18-7-5-4-6-8-18/h4-15,25,36H,3,16H2,1-2H3/b26-24+. The smallest absolute Gasteiger partial charge is 0.350 e. The number of aliphatic hydroxyl groups excluding tert-OH is 1. The summed E-state index contributed by atoms with van der Waals surface area (Å²) in [6.07, 6.45) is 0. The van der Waals surface area contributed by atoms with Crippen LogP contribution in [0.5, 0.6) is 5.75 Å². The second-order valence-corrected chi connectivity index (χ2v) is 11.1. The predicted octanol–water partition coefficient (Wildman–Crippen LogP) is 7.14. The van der Waals surface area contributed by atoms with Gasteiger partial charge in [-0.2, -0.15) is 0 Å². The zero-order valence-electron chi connectivity index (χ0n) is 22.5. The number of hydrogen-bond donors (Lipinski definition) is 1. The molecule has 4 aromatic rings. The summed E-state index contributed by atoms with van der Waals surface area (Å²) in [6, 6.07) is 19.6. The Hall–Kier alpha value is -4.18. The number of hydrogen-bond acceptors (Lipinski definition) is 8. The Bertz CT molecular complexity index is 1700. The molecule has 1 unspecified atom stereocenters. The molecule has 0 spiro atoms. The Labute approximate surface area is 255 Å². The molecule has 42 heavy (non-hydrogen) atoms. The molecule has 1 N–H and O–H groups in total. The molecule has 0 bridgehead atoms. The molecule has 1 atom stereocenters. The van der Waals surface area contributed by atoms with Crippen LogP contribution in [-0.4, -0.2) is 34.4 Å². The highest BCUT2D eigenvalue weighted by molar-refractivity contribution is 7.17. The molecule has 1 fully saturated rings. The number of carbonyl (C=O) groups is 3. The number of nitrogens with zero attached hydrogens (tertiary/aromatic N) is 2. The minimum Gasteiger partial charge on any atom is -0.507 e. The Kier molecular flexibility index (Phi) is 8.63. The van der Waals surface area contributed by atoms with Gasteiger partial charge in [-0.15, -0.1) is 0 Å². The van der Waals surface area contributed by atoms with Crippen LogP contribution in [-0.2, 0) is 20.9 Å². The van der Waals surface area contributed by atoms with Crippen LogP contribution in [0.3, 0.4) is 0 Å². The Balaban J connectivity index is 1.56. The van der Waals surface area contributed by atoms with Crippen molar-refractivity contribution in [1.82, 2.24) is 4.98 Å². The van der Waals surface area contributed by atoms with Crippen molar-refractivity contribution in [2.45, 2.75) is 26.5 Å². The van der Waals surface area contributed by atoms with Gasteiger partial charge in [-0.05, 0) is 61.4 Å². The van der Waals surface area contributed by atoms with Gasteiger partial charge in [0.1, 0.15) is 23.0 Å². The van der Waals surface area contributed by atoms with Gasteiger partial charge in [-0.1, -0.05) is 70.9 Å². The number of anilines is 1. The van der Waals surface area contributed by atoms with Crippen molar-refractivity contribution in [3.8, 4) is 5.75 Å². The molecular weight excluding hydrogens is 599 g/mol. The summed E-state index contributed by atoms with van der Waals surface area (Å²) >= 11 is 13.6. The number of carbonyl (C=O) groups excluding carboxylic acids is 3. The first-order valence-corrected chi connectivity index (χ1v) is 14.4. The molecule has 1 aromatic heterocycles. The number of benzene rings is 3. The van der Waals surface area contributed by atoms with Crippen molar-refractivity contribution in [2.75, 3.05) is 11.5 Å². The topological polar surface area (TPSA) is 106 Å². The van der Waals surface area contributed by atoms with Crippen molar-refractivity contribution in [1.29, 1.82) is 0 Å². The molecule has 0 aliphatic carbocycles. The number of rotatable bonds is 8. The van der Waals surface area contributed by atoms with Gasteiger partial charge in [0, 0.05) is 15.6 Å². The highest BCUT2D eigenvalue weighted by atomic mass is 35.5. The maximum absolute atomic E-state index is 13.5. The summed E-state index contributed by atoms with van der Waals surface area (Å²) in [5.74, 6) is -2.30. The van der Waals surface area contributed by atoms with Gasteiger partial charge in [-0.25, -0.2) is 9.78 Å². The second kappa shape index (κ2) is 12.4. The van der Waals surface area contributed by atoms with E-state index in [0.29, 0.717) is 28.6 Å². The summed E-state index contributed by atoms with van der Waals surface area (Å²) in [7, 11) is 0. The first-order chi connectivity index (χ1) is 20.2. The fraction of sp³-hybridized carbons (Fsp3) is 0.161. The van der Waals surface area contributed by atoms with E-state index in [0.717, 1.165) is 21.8 Å². The maximum atomic E-state index is 13.5. The van der Waals surface area contributed by atoms with Crippen LogP contribution in [0.2, 0.25) is 10.0 Å². The highest BCUT2D eigenvalue weighted by Crippen LogP contribution is 2.46. The van der Waals surface area contributed by atoms with E-state index in [1.54, 1.807) is 50.2 Å². The first kappa shape index (κ1) is 29.3. The van der Waals surface area contributed by atoms with Gasteiger partial charge in [0.2, 0.25) is 0 Å². The summed E-state index contributed by atoms with van der Waals surface area (Å²) in [5.41, 5.74) is 1.77. The van der Waals surface area contributed by atoms with Gasteiger partial charge in [0.25, 0.3) is 5.78 Å². The van der Waals surface area contributed by atoms with Crippen molar-refractivity contribution in [2.24, 2.45) is 0 Å². The number of aromatic nitrogens is 1. The lowest BCUT2D eigenvalue weighted by atomic mass is 9.95. The minimum absolute atomic E-state index is 0.0809. The average Bonchev–Trinajstić information content (AvgIpc) is 3.48. The number of esters is 1. The zero-order chi connectivity index (χ0) is 30.0. The third-order valence-electron chi connectivity index (χ3n) is 6.53. The van der Waals surface area contributed by atoms with E-state index in [4.69, 9.17) is 32.7 Å². The molecule has 0 radical (unpaired) electrons. The molecule has 1 aliphatic heterocycles. The Morgan fingerprint density at radius 1 is 1.05 bits per heavy atom. The largest absolute Gasteiger partial charge is 0.507 e. The lowest BCUT2D eigenvalue weighted by Crippen LogP contribution is -2.29. The van der Waals surface area contributed by atoms with Crippen LogP contribution < -0.4 is 9.64 Å². The summed E-state index contributed by atoms with van der Waals surface area (Å²) in [5, 5.41) is 12.1. The van der Waals surface area contributed by atoms with Crippen LogP contribution in [0.1, 0.15) is 45.0 Å². The molecule has 11 heteroatoms. The van der Waals surface area contributed by atoms with Crippen LogP contribution in [0, 0.1) is 6.92 Å². The number of thiazole rings is 1. The van der Waals surface area contributed by atoms with Crippen molar-refractivity contribution >= 4 is 63.1 Å². The van der Waals surface area contributed by atoms with Crippen LogP contribution in [0.15, 0.2) is 78.4 Å². The Morgan fingerprint density at radius 3 is 2.43 bits per heavy atom. The number of aryl methyl sites for hydroxylation is 1. The number of ether oxygens (including phenoxy) is 2. The molecule has 1 saturated heterocycles. The highest BCUT2D eigenvalue weighted by Gasteiger charge is 2.49. The van der Waals surface area contributed by atoms with Crippen molar-refractivity contribution in [3.05, 3.63) is 116 Å². The molecule has 1 amide bonds. The maximum Gasteiger partial charge on any atom is 0.350 e. The van der Waals surface area contributed by atoms with E-state index < -0.39 is 29.5 Å². The van der Waals surface area contributed by atoms with Crippen LogP contribution >= 0.6 is 34.5 Å². The van der Waals surface area contributed by atoms with E-state index in [1.807, 2.05) is 30.3 Å². The lowest BCUT2D eigenvalue weighted by molar-refractivity contribution is -0.132. The molecule has 5 rings (SSSR count). The Morgan fingerprint density at radius 2 is 1.76 bits per heavy atom. The third-order valence-corrected chi connectivity index (χ3v) is 8.23. The van der Waals surface area contributed by atoms with E-state index in [2.05, 4.69) is 4.98 Å². The van der Waals surface area contributed by atoms with Crippen LogP contribution in [0.4, 0.5) is 5.13 Å². The quantitative estimate of drug-likeness (QED) is 0.0963. The monoisotopic (exact) mass is 622 g/mol. The second-order valence-electron chi connectivity index (χ2n) is 9.27. The number of Topliss-reactive ketones (excluding diaryl/α,β-unsaturated/α-hetero) is 1. The van der Waals surface area contributed by atoms with Crippen molar-refractivity contribution in [3.63, 3.8) is 0 Å². The SMILES string of the molecule is CCOC(=O)c1sc(N2C(=O)C(=O)/C(=C(/O)c3ccc(OCc4ccccc4)cc3)C2c2ccc(Cl)cc2Cl)nc1C. The summed E-state index contributed by atoms with van der Waals surface area (Å²) < 4.78 is 10.9. The summed E-state index contributed by atoms with van der Waals surface area (Å²) in [6.45, 7) is 3.80. The minimum atomic E-state index is -1.15. The normalized spacial score (nSPS) is 16.1. The van der Waals surface area contributed by atoms with Gasteiger partial charge < -0.3 is 14.6 Å². The van der Waals surface area contributed by atoms with E-state index >= 15 is 0 Å². The lowest BCUT2D eigenvalue weighted by Gasteiger charge is -2.24. The molecule has 2 heterocycles. The molecular formula is C31H24Cl2N2O6S. The van der Waals surface area contributed by atoms with Gasteiger partial charge in [-0.3, -0.25) is 14.5 Å². The first-order valence-electron chi connectivity index (χ1n) is 12.9. The fourth-order valence-corrected chi connectivity index (χ4v) is 6.02. The van der Waals surface area contributed by atoms with Crippen LogP contribution in [0.25, 0.3) is 5.76 Å². The third kappa shape index (κ3) is 5.76. The van der Waals surface area contributed by atoms with Gasteiger partial charge in [0.05, 0.1) is 23.9 Å². The molecule has 8 nitrogen and oxygen atoms in total. The molecule has 1 aliphatic rings. The van der Waals surface area contributed by atoms with Crippen molar-refractivity contribution < 1.29 is 29.0 Å². The number of amides is 1. The van der Waals surface area contributed by atoms with Gasteiger partial charge >= 0.3 is 11.9 Å². The number of ketones is 1. The number of aliphatic hydroxyl groups is 1. The molecule has 214 valence electrons. The fourth-order valence-electron chi connectivity index (χ4n) is 4.52. The summed E-state index contributed by atoms with van der Waals surface area (Å²) in [4.78, 5) is 45.2.